The molecule has 1 atom stereocenters. The number of hydrogen-bond acceptors (Lipinski definition) is 3. The first-order valence-corrected chi connectivity index (χ1v) is 5.95. The summed E-state index contributed by atoms with van der Waals surface area (Å²) in [5.41, 5.74) is 0.246. The minimum absolute atomic E-state index is 0.246. The lowest BCUT2D eigenvalue weighted by Gasteiger charge is -2.26. The predicted molar refractivity (Wildman–Crippen MR) is 66.6 cm³/mol. The highest BCUT2D eigenvalue weighted by atomic mass is 16.7. The topological polar surface area (TPSA) is 66.8 Å². The Bertz CT molecular complexity index is 394. The summed E-state index contributed by atoms with van der Waals surface area (Å²) < 4.78 is 0. The Morgan fingerprint density at radius 2 is 2.28 bits per heavy atom. The van der Waals surface area contributed by atoms with Gasteiger partial charge in [-0.15, -0.1) is 0 Å². The van der Waals surface area contributed by atoms with E-state index in [1.165, 1.54) is 6.08 Å². The van der Waals surface area contributed by atoms with Gasteiger partial charge in [-0.1, -0.05) is 38.0 Å². The van der Waals surface area contributed by atoms with E-state index < -0.39 is 12.1 Å². The highest BCUT2D eigenvalue weighted by Gasteiger charge is 2.26. The minimum atomic E-state index is -1.22. The van der Waals surface area contributed by atoms with Gasteiger partial charge in [0.05, 0.1) is 12.2 Å². The number of hydrogen-bond donors (Lipinski definition) is 1. The van der Waals surface area contributed by atoms with Crippen molar-refractivity contribution in [2.45, 2.75) is 32.2 Å². The Hall–Kier alpha value is -1.84. The van der Waals surface area contributed by atoms with Crippen LogP contribution in [0, 0.1) is 0 Å². The van der Waals surface area contributed by atoms with Crippen LogP contribution in [0.1, 0.15) is 26.2 Å². The molecule has 0 saturated heterocycles. The van der Waals surface area contributed by atoms with Crippen LogP contribution in [0.15, 0.2) is 29.9 Å². The molecule has 0 heterocycles. The number of carbonyl (C=O) groups excluding carboxylic acids is 1. The van der Waals surface area contributed by atoms with Gasteiger partial charge in [-0.25, -0.2) is 9.59 Å². The van der Waals surface area contributed by atoms with E-state index in [0.29, 0.717) is 6.61 Å². The molecule has 0 aromatic heterocycles. The van der Waals surface area contributed by atoms with Crippen molar-refractivity contribution in [2.24, 2.45) is 0 Å². The van der Waals surface area contributed by atoms with Gasteiger partial charge in [0.1, 0.15) is 12.0 Å². The maximum absolute atomic E-state index is 11.1. The average Bonchev–Trinajstić information content (AvgIpc) is 2.38. The third-order valence-electron chi connectivity index (χ3n) is 2.54. The fourth-order valence-electron chi connectivity index (χ4n) is 1.60. The van der Waals surface area contributed by atoms with Gasteiger partial charge in [0.15, 0.2) is 0 Å². The second-order valence-electron chi connectivity index (χ2n) is 3.89. The summed E-state index contributed by atoms with van der Waals surface area (Å²) in [7, 11) is 0. The largest absolute Gasteiger partial charge is 0.463 e. The summed E-state index contributed by atoms with van der Waals surface area (Å²) >= 11 is 0. The van der Waals surface area contributed by atoms with E-state index >= 15 is 0 Å². The molecular formula is C13H17NO4. The quantitative estimate of drug-likeness (QED) is 0.447. The molecule has 1 amide bonds. The van der Waals surface area contributed by atoms with Gasteiger partial charge >= 0.3 is 6.09 Å². The molecule has 1 rings (SSSR count). The Labute approximate surface area is 106 Å². The minimum Gasteiger partial charge on any atom is -0.463 e. The normalized spacial score (nSPS) is 17.6. The average molecular weight is 251 g/mol. The lowest BCUT2D eigenvalue weighted by molar-refractivity contribution is -0.140. The summed E-state index contributed by atoms with van der Waals surface area (Å²) in [5.74, 6) is 1.73. The third kappa shape index (κ3) is 3.87. The van der Waals surface area contributed by atoms with E-state index in [1.54, 1.807) is 24.2 Å². The third-order valence-corrected chi connectivity index (χ3v) is 2.54. The molecule has 1 N–H and O–H groups in total. The first kappa shape index (κ1) is 14.2. The van der Waals surface area contributed by atoms with E-state index in [2.05, 4.69) is 6.92 Å². The van der Waals surface area contributed by atoms with E-state index in [1.807, 2.05) is 0 Å². The maximum Gasteiger partial charge on any atom is 0.432 e. The summed E-state index contributed by atoms with van der Waals surface area (Å²) in [6.07, 6.45) is 8.03. The van der Waals surface area contributed by atoms with Gasteiger partial charge in [-0.2, -0.15) is 5.06 Å². The summed E-state index contributed by atoms with van der Waals surface area (Å²) in [5, 5.41) is 9.90. The highest BCUT2D eigenvalue weighted by Crippen LogP contribution is 2.16. The molecule has 5 heteroatoms. The number of nitrogens with zero attached hydrogens (tertiary/aromatic N) is 1. The van der Waals surface area contributed by atoms with E-state index in [0.717, 1.165) is 24.3 Å². The predicted octanol–water partition coefficient (Wildman–Crippen LogP) is 2.34. The molecule has 0 aliphatic heterocycles. The van der Waals surface area contributed by atoms with Gasteiger partial charge in [0, 0.05) is 0 Å². The molecular weight excluding hydrogens is 234 g/mol. The van der Waals surface area contributed by atoms with Crippen molar-refractivity contribution in [2.75, 3.05) is 6.61 Å². The van der Waals surface area contributed by atoms with E-state index in [-0.39, 0.29) is 5.57 Å². The molecule has 98 valence electrons. The van der Waals surface area contributed by atoms with E-state index in [9.17, 15) is 9.59 Å². The van der Waals surface area contributed by atoms with Crippen molar-refractivity contribution in [3.8, 4) is 0 Å². The number of amides is 1. The standard InChI is InChI=1S/C13H17NO4/c1-2-3-6-9-18-14(13(16)17)12-8-5-4-7-11(12)10-15/h4-5,7-8,12H,2-3,6,9H2,1H3,(H,16,17). The highest BCUT2D eigenvalue weighted by molar-refractivity contribution is 5.69. The van der Waals surface area contributed by atoms with Crippen LogP contribution in [0.2, 0.25) is 0 Å². The van der Waals surface area contributed by atoms with Crippen LogP contribution in [-0.4, -0.2) is 34.9 Å². The Kier molecular flexibility index (Phi) is 5.91. The summed E-state index contributed by atoms with van der Waals surface area (Å²) in [6.45, 7) is 2.37. The monoisotopic (exact) mass is 251 g/mol. The van der Waals surface area contributed by atoms with Crippen molar-refractivity contribution in [3.63, 3.8) is 0 Å². The van der Waals surface area contributed by atoms with Crippen molar-refractivity contribution < 1.29 is 19.5 Å². The number of carboxylic acid groups (broad SMARTS) is 1. The number of unbranched alkanes of at least 4 members (excludes halogenated alkanes) is 2. The van der Waals surface area contributed by atoms with Crippen LogP contribution in [0.5, 0.6) is 0 Å². The molecule has 0 aromatic carbocycles. The van der Waals surface area contributed by atoms with Crippen molar-refractivity contribution in [1.82, 2.24) is 5.06 Å². The Balaban J connectivity index is 2.66. The van der Waals surface area contributed by atoms with Crippen molar-refractivity contribution >= 4 is 12.0 Å². The van der Waals surface area contributed by atoms with Gasteiger partial charge in [-0.3, -0.25) is 4.84 Å². The van der Waals surface area contributed by atoms with Crippen LogP contribution in [0.4, 0.5) is 4.79 Å². The molecule has 0 saturated carbocycles. The molecule has 0 aromatic rings. The van der Waals surface area contributed by atoms with Gasteiger partial charge in [0.2, 0.25) is 0 Å². The molecule has 0 radical (unpaired) electrons. The molecule has 1 aliphatic rings. The van der Waals surface area contributed by atoms with Crippen molar-refractivity contribution in [3.05, 3.63) is 29.9 Å². The number of hydroxylamine groups is 2. The molecule has 1 aliphatic carbocycles. The smallest absolute Gasteiger partial charge is 0.432 e. The zero-order chi connectivity index (χ0) is 13.4. The molecule has 18 heavy (non-hydrogen) atoms. The fraction of sp³-hybridized carbons (Fsp3) is 0.462. The fourth-order valence-corrected chi connectivity index (χ4v) is 1.60. The molecule has 5 nitrogen and oxygen atoms in total. The van der Waals surface area contributed by atoms with Crippen LogP contribution in [0.25, 0.3) is 0 Å². The molecule has 0 fully saturated rings. The van der Waals surface area contributed by atoms with Crippen LogP contribution < -0.4 is 0 Å². The van der Waals surface area contributed by atoms with Gasteiger partial charge < -0.3 is 5.11 Å². The summed E-state index contributed by atoms with van der Waals surface area (Å²) in [6, 6.07) is -0.716. The second-order valence-corrected chi connectivity index (χ2v) is 3.89. The Morgan fingerprint density at radius 3 is 2.89 bits per heavy atom. The number of allylic oxidation sites excluding steroid dienone is 2. The molecule has 0 spiro atoms. The summed E-state index contributed by atoms with van der Waals surface area (Å²) in [4.78, 5) is 27.1. The van der Waals surface area contributed by atoms with Crippen LogP contribution in [0.3, 0.4) is 0 Å². The first-order chi connectivity index (χ1) is 8.70. The Morgan fingerprint density at radius 1 is 1.50 bits per heavy atom. The molecule has 0 bridgehead atoms. The van der Waals surface area contributed by atoms with Gasteiger partial charge in [-0.05, 0) is 12.5 Å². The number of rotatable bonds is 6. The second kappa shape index (κ2) is 7.48. The van der Waals surface area contributed by atoms with E-state index in [4.69, 9.17) is 9.94 Å². The zero-order valence-electron chi connectivity index (χ0n) is 10.3. The number of carbonyl (C=O) groups is 1. The maximum atomic E-state index is 11.1. The zero-order valence-corrected chi connectivity index (χ0v) is 10.3. The van der Waals surface area contributed by atoms with Gasteiger partial charge in [0.25, 0.3) is 0 Å². The SMILES string of the molecule is CCCCCON(C(=O)O)C1C=CC=CC1=C=O. The van der Waals surface area contributed by atoms with Crippen molar-refractivity contribution in [1.29, 1.82) is 0 Å². The lowest BCUT2D eigenvalue weighted by atomic mass is 10.0. The molecule has 1 unspecified atom stereocenters. The lowest BCUT2D eigenvalue weighted by Crippen LogP contribution is -2.40. The first-order valence-electron chi connectivity index (χ1n) is 5.95. The van der Waals surface area contributed by atoms with Crippen LogP contribution >= 0.6 is 0 Å². The van der Waals surface area contributed by atoms with Crippen LogP contribution in [-0.2, 0) is 9.63 Å².